The summed E-state index contributed by atoms with van der Waals surface area (Å²) in [6, 6.07) is 11.6. The highest BCUT2D eigenvalue weighted by Gasteiger charge is 2.12. The molecule has 130 valence electrons. The van der Waals surface area contributed by atoms with Gasteiger partial charge in [0.1, 0.15) is 5.65 Å². The molecule has 26 heavy (non-hydrogen) atoms. The van der Waals surface area contributed by atoms with E-state index in [4.69, 9.17) is 14.5 Å². The predicted octanol–water partition coefficient (Wildman–Crippen LogP) is 3.96. The molecule has 0 bridgehead atoms. The summed E-state index contributed by atoms with van der Waals surface area (Å²) in [5.41, 5.74) is 2.59. The van der Waals surface area contributed by atoms with E-state index in [-0.39, 0.29) is 0 Å². The van der Waals surface area contributed by atoms with Gasteiger partial charge in [0.2, 0.25) is 0 Å². The van der Waals surface area contributed by atoms with Crippen LogP contribution in [0.3, 0.4) is 0 Å². The maximum atomic E-state index is 5.41. The topological polar surface area (TPSA) is 61.5 Å². The second-order valence-electron chi connectivity index (χ2n) is 5.43. The van der Waals surface area contributed by atoms with Crippen molar-refractivity contribution in [2.75, 3.05) is 14.2 Å². The predicted molar refractivity (Wildman–Crippen MR) is 99.9 cm³/mol. The molecule has 0 radical (unpaired) electrons. The summed E-state index contributed by atoms with van der Waals surface area (Å²) >= 11 is 1.56. The van der Waals surface area contributed by atoms with Crippen LogP contribution in [0.15, 0.2) is 71.2 Å². The van der Waals surface area contributed by atoms with Crippen molar-refractivity contribution in [3.63, 3.8) is 0 Å². The fourth-order valence-electron chi connectivity index (χ4n) is 2.62. The Balaban J connectivity index is 1.81. The average Bonchev–Trinajstić information content (AvgIpc) is 3.17. The van der Waals surface area contributed by atoms with Crippen LogP contribution in [0, 0.1) is 0 Å². The first-order valence-electron chi connectivity index (χ1n) is 7.93. The fraction of sp³-hybridized carbons (Fsp3) is 0.105. The van der Waals surface area contributed by atoms with E-state index >= 15 is 0 Å². The van der Waals surface area contributed by atoms with E-state index in [1.807, 2.05) is 47.0 Å². The van der Waals surface area contributed by atoms with E-state index in [9.17, 15) is 0 Å². The van der Waals surface area contributed by atoms with Gasteiger partial charge >= 0.3 is 0 Å². The number of nitrogens with zero attached hydrogens (tertiary/aromatic N) is 4. The van der Waals surface area contributed by atoms with Gasteiger partial charge in [-0.3, -0.25) is 9.38 Å². The van der Waals surface area contributed by atoms with Gasteiger partial charge in [-0.1, -0.05) is 11.8 Å². The fourth-order valence-corrected chi connectivity index (χ4v) is 3.49. The monoisotopic (exact) mass is 364 g/mol. The highest BCUT2D eigenvalue weighted by Crippen LogP contribution is 2.34. The van der Waals surface area contributed by atoms with Gasteiger partial charge in [-0.2, -0.15) is 0 Å². The number of methoxy groups -OCH3 is 2. The Morgan fingerprint density at radius 1 is 0.923 bits per heavy atom. The molecule has 0 aliphatic rings. The Morgan fingerprint density at radius 3 is 2.50 bits per heavy atom. The maximum Gasteiger partial charge on any atom is 0.179 e. The van der Waals surface area contributed by atoms with E-state index in [1.165, 1.54) is 0 Å². The SMILES string of the molecule is COc1ccc(-c2cc3nccn3c(Sc3ccncc3)n2)cc1OC. The van der Waals surface area contributed by atoms with Crippen molar-refractivity contribution in [1.82, 2.24) is 19.4 Å². The Morgan fingerprint density at radius 2 is 1.73 bits per heavy atom. The van der Waals surface area contributed by atoms with Crippen molar-refractivity contribution < 1.29 is 9.47 Å². The molecule has 0 amide bonds. The van der Waals surface area contributed by atoms with E-state index in [2.05, 4.69) is 9.97 Å². The first kappa shape index (κ1) is 16.4. The first-order valence-corrected chi connectivity index (χ1v) is 8.74. The van der Waals surface area contributed by atoms with Crippen LogP contribution in [-0.2, 0) is 0 Å². The number of hydrogen-bond acceptors (Lipinski definition) is 6. The van der Waals surface area contributed by atoms with Crippen molar-refractivity contribution in [2.45, 2.75) is 10.1 Å². The Bertz CT molecular complexity index is 1050. The largest absolute Gasteiger partial charge is 0.493 e. The van der Waals surface area contributed by atoms with Gasteiger partial charge in [-0.15, -0.1) is 0 Å². The van der Waals surface area contributed by atoms with E-state index in [0.29, 0.717) is 11.5 Å². The van der Waals surface area contributed by atoms with Gasteiger partial charge in [0.05, 0.1) is 19.9 Å². The third-order valence-electron chi connectivity index (χ3n) is 3.90. The minimum Gasteiger partial charge on any atom is -0.493 e. The van der Waals surface area contributed by atoms with Crippen LogP contribution in [-0.4, -0.2) is 33.6 Å². The van der Waals surface area contributed by atoms with Gasteiger partial charge in [0, 0.05) is 41.3 Å². The minimum absolute atomic E-state index is 0.665. The second-order valence-corrected chi connectivity index (χ2v) is 6.47. The molecule has 0 N–H and O–H groups in total. The quantitative estimate of drug-likeness (QED) is 0.500. The second kappa shape index (κ2) is 7.05. The first-order chi connectivity index (χ1) is 12.8. The molecule has 0 fully saturated rings. The van der Waals surface area contributed by atoms with E-state index in [0.717, 1.165) is 27.0 Å². The number of fused-ring (bicyclic) bond motifs is 1. The molecule has 4 aromatic rings. The molecular weight excluding hydrogens is 348 g/mol. The highest BCUT2D eigenvalue weighted by molar-refractivity contribution is 7.99. The average molecular weight is 364 g/mol. The normalized spacial score (nSPS) is 10.8. The zero-order valence-corrected chi connectivity index (χ0v) is 15.1. The van der Waals surface area contributed by atoms with Crippen LogP contribution in [0.2, 0.25) is 0 Å². The maximum absolute atomic E-state index is 5.41. The van der Waals surface area contributed by atoms with Gasteiger partial charge in [0.15, 0.2) is 16.7 Å². The lowest BCUT2D eigenvalue weighted by Crippen LogP contribution is -1.97. The minimum atomic E-state index is 0.665. The number of pyridine rings is 1. The third kappa shape index (κ3) is 3.09. The summed E-state index contributed by atoms with van der Waals surface area (Å²) in [7, 11) is 3.24. The van der Waals surface area contributed by atoms with Crippen LogP contribution in [0.5, 0.6) is 11.5 Å². The molecule has 0 saturated heterocycles. The molecule has 0 spiro atoms. The molecule has 0 saturated carbocycles. The molecule has 1 aromatic carbocycles. The Kier molecular flexibility index (Phi) is 4.45. The standard InChI is InChI=1S/C19H16N4O2S/c1-24-16-4-3-13(11-17(16)25-2)15-12-18-21-9-10-23(18)19(22-15)26-14-5-7-20-8-6-14/h3-12H,1-2H3. The van der Waals surface area contributed by atoms with Crippen molar-refractivity contribution >= 4 is 17.4 Å². The van der Waals surface area contributed by atoms with Crippen LogP contribution in [0.1, 0.15) is 0 Å². The summed E-state index contributed by atoms with van der Waals surface area (Å²) < 4.78 is 12.7. The van der Waals surface area contributed by atoms with E-state index in [1.54, 1.807) is 44.6 Å². The Hall–Kier alpha value is -3.06. The smallest absolute Gasteiger partial charge is 0.179 e. The van der Waals surface area contributed by atoms with Crippen LogP contribution in [0.25, 0.3) is 16.9 Å². The van der Waals surface area contributed by atoms with Gasteiger partial charge in [-0.25, -0.2) is 9.97 Å². The molecule has 0 aliphatic carbocycles. The molecule has 3 aromatic heterocycles. The van der Waals surface area contributed by atoms with Crippen LogP contribution in [0.4, 0.5) is 0 Å². The van der Waals surface area contributed by atoms with Gasteiger partial charge < -0.3 is 9.47 Å². The molecular formula is C19H16N4O2S. The van der Waals surface area contributed by atoms with Crippen molar-refractivity contribution in [3.05, 3.63) is 61.2 Å². The lowest BCUT2D eigenvalue weighted by atomic mass is 10.1. The summed E-state index contributed by atoms with van der Waals surface area (Å²) in [5, 5.41) is 0.830. The number of ether oxygens (including phenoxy) is 2. The number of rotatable bonds is 5. The zero-order valence-electron chi connectivity index (χ0n) is 14.3. The number of benzene rings is 1. The molecule has 3 heterocycles. The third-order valence-corrected chi connectivity index (χ3v) is 4.87. The summed E-state index contributed by atoms with van der Waals surface area (Å²) in [4.78, 5) is 14.4. The molecule has 0 unspecified atom stereocenters. The number of hydrogen-bond donors (Lipinski definition) is 0. The zero-order chi connectivity index (χ0) is 17.9. The van der Waals surface area contributed by atoms with Gasteiger partial charge in [-0.05, 0) is 30.3 Å². The number of aromatic nitrogens is 4. The van der Waals surface area contributed by atoms with Crippen LogP contribution < -0.4 is 9.47 Å². The molecule has 4 rings (SSSR count). The summed E-state index contributed by atoms with van der Waals surface area (Å²) in [5.74, 6) is 1.35. The van der Waals surface area contributed by atoms with Crippen molar-refractivity contribution in [2.24, 2.45) is 0 Å². The molecule has 0 aliphatic heterocycles. The van der Waals surface area contributed by atoms with Crippen molar-refractivity contribution in [1.29, 1.82) is 0 Å². The summed E-state index contributed by atoms with van der Waals surface area (Å²) in [6.45, 7) is 0. The molecule has 6 nitrogen and oxygen atoms in total. The highest BCUT2D eigenvalue weighted by atomic mass is 32.2. The van der Waals surface area contributed by atoms with Crippen LogP contribution >= 0.6 is 11.8 Å². The Labute approximate surface area is 154 Å². The van der Waals surface area contributed by atoms with Crippen molar-refractivity contribution in [3.8, 4) is 22.8 Å². The molecule has 7 heteroatoms. The lowest BCUT2D eigenvalue weighted by molar-refractivity contribution is 0.355. The van der Waals surface area contributed by atoms with Gasteiger partial charge in [0.25, 0.3) is 0 Å². The number of imidazole rings is 1. The lowest BCUT2D eigenvalue weighted by Gasteiger charge is -2.11. The van der Waals surface area contributed by atoms with E-state index < -0.39 is 0 Å². The summed E-state index contributed by atoms with van der Waals surface area (Å²) in [6.07, 6.45) is 7.22. The molecule has 0 atom stereocenters.